The number of nitrogens with zero attached hydrogens (tertiary/aromatic N) is 1. The SMILES string of the molecule is CCC1CCCCCN1C(=O)CCC(CCN)C(C)(C)C. The number of amides is 1. The molecule has 1 aliphatic rings. The van der Waals surface area contributed by atoms with Gasteiger partial charge in [0, 0.05) is 19.0 Å². The third kappa shape index (κ3) is 5.98. The first-order chi connectivity index (χ1) is 9.90. The fourth-order valence-electron chi connectivity index (χ4n) is 3.58. The van der Waals surface area contributed by atoms with Crippen LogP contribution in [-0.4, -0.2) is 29.9 Å². The van der Waals surface area contributed by atoms with Gasteiger partial charge in [-0.25, -0.2) is 0 Å². The highest BCUT2D eigenvalue weighted by Crippen LogP contribution is 2.32. The highest BCUT2D eigenvalue weighted by Gasteiger charge is 2.27. The molecule has 1 amide bonds. The fourth-order valence-corrected chi connectivity index (χ4v) is 3.58. The van der Waals surface area contributed by atoms with E-state index in [1.165, 1.54) is 25.7 Å². The van der Waals surface area contributed by atoms with E-state index in [9.17, 15) is 4.79 Å². The Morgan fingerprint density at radius 1 is 1.24 bits per heavy atom. The molecule has 1 fully saturated rings. The lowest BCUT2D eigenvalue weighted by Gasteiger charge is -2.33. The monoisotopic (exact) mass is 296 g/mol. The average molecular weight is 296 g/mol. The van der Waals surface area contributed by atoms with Crippen molar-refractivity contribution in [1.82, 2.24) is 4.90 Å². The minimum Gasteiger partial charge on any atom is -0.340 e. The first kappa shape index (κ1) is 18.5. The smallest absolute Gasteiger partial charge is 0.222 e. The Hall–Kier alpha value is -0.570. The quantitative estimate of drug-likeness (QED) is 0.806. The lowest BCUT2D eigenvalue weighted by Crippen LogP contribution is -2.40. The average Bonchev–Trinajstić information content (AvgIpc) is 2.66. The molecule has 2 N–H and O–H groups in total. The predicted octanol–water partition coefficient (Wildman–Crippen LogP) is 3.96. The maximum absolute atomic E-state index is 12.7. The third-order valence-corrected chi connectivity index (χ3v) is 5.12. The van der Waals surface area contributed by atoms with Crippen molar-refractivity contribution in [1.29, 1.82) is 0 Å². The standard InChI is InChI=1S/C18H36N2O/c1-5-16-9-7-6-8-14-20(16)17(21)11-10-15(12-13-19)18(2,3)4/h15-16H,5-14,19H2,1-4H3. The van der Waals surface area contributed by atoms with Crippen LogP contribution in [0.1, 0.15) is 79.1 Å². The Labute approximate surface area is 131 Å². The molecule has 0 aliphatic carbocycles. The summed E-state index contributed by atoms with van der Waals surface area (Å²) in [5.41, 5.74) is 5.98. The van der Waals surface area contributed by atoms with Gasteiger partial charge in [0.05, 0.1) is 0 Å². The minimum atomic E-state index is 0.239. The molecule has 1 saturated heterocycles. The van der Waals surface area contributed by atoms with Gasteiger partial charge in [0.15, 0.2) is 0 Å². The van der Waals surface area contributed by atoms with Crippen molar-refractivity contribution in [2.24, 2.45) is 17.1 Å². The van der Waals surface area contributed by atoms with E-state index in [1.807, 2.05) is 0 Å². The van der Waals surface area contributed by atoms with Crippen LogP contribution in [0.15, 0.2) is 0 Å². The molecule has 0 aromatic heterocycles. The zero-order valence-electron chi connectivity index (χ0n) is 14.7. The Bertz CT molecular complexity index is 309. The topological polar surface area (TPSA) is 46.3 Å². The normalized spacial score (nSPS) is 22.0. The van der Waals surface area contributed by atoms with Crippen molar-refractivity contribution in [3.63, 3.8) is 0 Å². The zero-order valence-corrected chi connectivity index (χ0v) is 14.7. The molecular formula is C18H36N2O. The molecule has 21 heavy (non-hydrogen) atoms. The van der Waals surface area contributed by atoms with Crippen molar-refractivity contribution in [2.75, 3.05) is 13.1 Å². The van der Waals surface area contributed by atoms with E-state index in [0.717, 1.165) is 32.4 Å². The first-order valence-corrected chi connectivity index (χ1v) is 8.89. The summed E-state index contributed by atoms with van der Waals surface area (Å²) in [6.45, 7) is 10.7. The fraction of sp³-hybridized carbons (Fsp3) is 0.944. The molecule has 124 valence electrons. The van der Waals surface area contributed by atoms with Crippen LogP contribution in [0.5, 0.6) is 0 Å². The molecular weight excluding hydrogens is 260 g/mol. The Kier molecular flexibility index (Phi) is 7.72. The molecule has 1 aliphatic heterocycles. The summed E-state index contributed by atoms with van der Waals surface area (Å²) in [5.74, 6) is 0.911. The molecule has 0 aromatic carbocycles. The van der Waals surface area contributed by atoms with Crippen molar-refractivity contribution in [3.05, 3.63) is 0 Å². The van der Waals surface area contributed by atoms with Crippen LogP contribution in [0.25, 0.3) is 0 Å². The van der Waals surface area contributed by atoms with Gasteiger partial charge in [0.1, 0.15) is 0 Å². The van der Waals surface area contributed by atoms with Crippen LogP contribution in [-0.2, 0) is 4.79 Å². The molecule has 0 radical (unpaired) electrons. The van der Waals surface area contributed by atoms with Gasteiger partial charge in [-0.05, 0) is 50.0 Å². The Balaban J connectivity index is 2.57. The lowest BCUT2D eigenvalue weighted by atomic mass is 9.76. The van der Waals surface area contributed by atoms with E-state index in [-0.39, 0.29) is 5.41 Å². The van der Waals surface area contributed by atoms with Crippen LogP contribution in [0.2, 0.25) is 0 Å². The second-order valence-corrected chi connectivity index (χ2v) is 7.68. The largest absolute Gasteiger partial charge is 0.340 e. The minimum absolute atomic E-state index is 0.239. The predicted molar refractivity (Wildman–Crippen MR) is 90.1 cm³/mol. The van der Waals surface area contributed by atoms with Gasteiger partial charge in [-0.3, -0.25) is 4.79 Å². The highest BCUT2D eigenvalue weighted by molar-refractivity contribution is 5.76. The van der Waals surface area contributed by atoms with E-state index < -0.39 is 0 Å². The maximum Gasteiger partial charge on any atom is 0.222 e. The molecule has 3 nitrogen and oxygen atoms in total. The van der Waals surface area contributed by atoms with Crippen molar-refractivity contribution in [2.45, 2.75) is 85.1 Å². The third-order valence-electron chi connectivity index (χ3n) is 5.12. The molecule has 2 atom stereocenters. The van der Waals surface area contributed by atoms with Crippen molar-refractivity contribution in [3.8, 4) is 0 Å². The van der Waals surface area contributed by atoms with Gasteiger partial charge >= 0.3 is 0 Å². The highest BCUT2D eigenvalue weighted by atomic mass is 16.2. The van der Waals surface area contributed by atoms with Crippen molar-refractivity contribution >= 4 is 5.91 Å². The van der Waals surface area contributed by atoms with Crippen LogP contribution in [0, 0.1) is 11.3 Å². The first-order valence-electron chi connectivity index (χ1n) is 8.89. The number of likely N-dealkylation sites (tertiary alicyclic amines) is 1. The molecule has 0 spiro atoms. The summed E-state index contributed by atoms with van der Waals surface area (Å²) in [6.07, 6.45) is 8.70. The van der Waals surface area contributed by atoms with E-state index in [0.29, 0.717) is 24.3 Å². The van der Waals surface area contributed by atoms with E-state index in [4.69, 9.17) is 5.73 Å². The van der Waals surface area contributed by atoms with Crippen LogP contribution in [0.4, 0.5) is 0 Å². The van der Waals surface area contributed by atoms with Gasteiger partial charge < -0.3 is 10.6 Å². The van der Waals surface area contributed by atoms with Crippen LogP contribution < -0.4 is 5.73 Å². The van der Waals surface area contributed by atoms with Crippen LogP contribution >= 0.6 is 0 Å². The molecule has 1 rings (SSSR count). The Morgan fingerprint density at radius 3 is 2.52 bits per heavy atom. The summed E-state index contributed by atoms with van der Waals surface area (Å²) in [6, 6.07) is 0.475. The summed E-state index contributed by atoms with van der Waals surface area (Å²) in [4.78, 5) is 14.8. The molecule has 3 heteroatoms. The van der Waals surface area contributed by atoms with Gasteiger partial charge in [-0.15, -0.1) is 0 Å². The zero-order chi connectivity index (χ0) is 15.9. The van der Waals surface area contributed by atoms with E-state index in [1.54, 1.807) is 0 Å². The van der Waals surface area contributed by atoms with Crippen molar-refractivity contribution < 1.29 is 4.79 Å². The number of carbonyl (C=O) groups excluding carboxylic acids is 1. The summed E-state index contributed by atoms with van der Waals surface area (Å²) >= 11 is 0. The lowest BCUT2D eigenvalue weighted by molar-refractivity contribution is -0.134. The summed E-state index contributed by atoms with van der Waals surface area (Å²) in [7, 11) is 0. The van der Waals surface area contributed by atoms with Crippen LogP contribution in [0.3, 0.4) is 0 Å². The maximum atomic E-state index is 12.7. The van der Waals surface area contributed by atoms with Gasteiger partial charge in [0.2, 0.25) is 5.91 Å². The molecule has 0 bridgehead atoms. The van der Waals surface area contributed by atoms with Gasteiger partial charge in [0.25, 0.3) is 0 Å². The second-order valence-electron chi connectivity index (χ2n) is 7.68. The number of carbonyl (C=O) groups is 1. The number of nitrogens with two attached hydrogens (primary N) is 1. The second kappa shape index (κ2) is 8.77. The number of hydrogen-bond acceptors (Lipinski definition) is 2. The molecule has 1 heterocycles. The molecule has 0 saturated carbocycles. The molecule has 2 unspecified atom stereocenters. The van der Waals surface area contributed by atoms with E-state index in [2.05, 4.69) is 32.6 Å². The van der Waals surface area contributed by atoms with Gasteiger partial charge in [-0.2, -0.15) is 0 Å². The number of rotatable bonds is 6. The summed E-state index contributed by atoms with van der Waals surface area (Å²) < 4.78 is 0. The van der Waals surface area contributed by atoms with Gasteiger partial charge in [-0.1, -0.05) is 40.5 Å². The number of hydrogen-bond donors (Lipinski definition) is 1. The summed E-state index contributed by atoms with van der Waals surface area (Å²) in [5, 5.41) is 0. The van der Waals surface area contributed by atoms with E-state index >= 15 is 0 Å². The molecule has 0 aromatic rings. The Morgan fingerprint density at radius 2 is 1.95 bits per heavy atom.